The van der Waals surface area contributed by atoms with Crippen LogP contribution < -0.4 is 10.6 Å². The average Bonchev–Trinajstić information content (AvgIpc) is 2.35. The van der Waals surface area contributed by atoms with E-state index >= 15 is 0 Å². The minimum atomic E-state index is -1.36. The Morgan fingerprint density at radius 1 is 1.30 bits per heavy atom. The standard InChI is InChI=1S/C12H14Cl2N2O4/c1-6(8-3-2-7(13)4-9(8)14)15-12(20)16-10(5-17)11(18)19/h2-4,6,10,17H,5H2,1H3,(H,18,19)(H2,15,16,20)/t6?,10-/m1/s1. The van der Waals surface area contributed by atoms with Crippen molar-refractivity contribution in [2.75, 3.05) is 6.61 Å². The molecule has 0 aromatic heterocycles. The second-order valence-corrected chi connectivity index (χ2v) is 4.92. The van der Waals surface area contributed by atoms with Crippen LogP contribution in [-0.4, -0.2) is 34.9 Å². The maximum atomic E-state index is 11.6. The number of carboxylic acid groups (broad SMARTS) is 1. The van der Waals surface area contributed by atoms with Crippen LogP contribution in [0.3, 0.4) is 0 Å². The number of benzene rings is 1. The van der Waals surface area contributed by atoms with E-state index in [-0.39, 0.29) is 0 Å². The van der Waals surface area contributed by atoms with Crippen molar-refractivity contribution in [2.24, 2.45) is 0 Å². The van der Waals surface area contributed by atoms with Crippen molar-refractivity contribution in [3.05, 3.63) is 33.8 Å². The molecular formula is C12H14Cl2N2O4. The Kier molecular flexibility index (Phi) is 6.06. The molecule has 0 bridgehead atoms. The Morgan fingerprint density at radius 3 is 2.45 bits per heavy atom. The summed E-state index contributed by atoms with van der Waals surface area (Å²) in [4.78, 5) is 22.3. The summed E-state index contributed by atoms with van der Waals surface area (Å²) in [6.07, 6.45) is 0. The third-order valence-electron chi connectivity index (χ3n) is 2.56. The summed E-state index contributed by atoms with van der Waals surface area (Å²) >= 11 is 11.8. The smallest absolute Gasteiger partial charge is 0.328 e. The van der Waals surface area contributed by atoms with Crippen molar-refractivity contribution < 1.29 is 19.8 Å². The van der Waals surface area contributed by atoms with Crippen LogP contribution in [0.4, 0.5) is 4.79 Å². The molecule has 0 heterocycles. The predicted molar refractivity (Wildman–Crippen MR) is 75.1 cm³/mol. The number of carbonyl (C=O) groups excluding carboxylic acids is 1. The third kappa shape index (κ3) is 4.56. The molecule has 2 atom stereocenters. The first-order valence-electron chi connectivity index (χ1n) is 5.70. The summed E-state index contributed by atoms with van der Waals surface area (Å²) in [5, 5.41) is 23.0. The van der Waals surface area contributed by atoms with E-state index in [1.165, 1.54) is 0 Å². The fraction of sp³-hybridized carbons (Fsp3) is 0.333. The highest BCUT2D eigenvalue weighted by Gasteiger charge is 2.20. The number of hydrogen-bond acceptors (Lipinski definition) is 3. The van der Waals surface area contributed by atoms with Gasteiger partial charge in [0.1, 0.15) is 0 Å². The summed E-state index contributed by atoms with van der Waals surface area (Å²) in [5.74, 6) is -1.32. The molecule has 0 fully saturated rings. The number of nitrogens with one attached hydrogen (secondary N) is 2. The van der Waals surface area contributed by atoms with Gasteiger partial charge in [0.15, 0.2) is 6.04 Å². The average molecular weight is 321 g/mol. The molecule has 0 aliphatic rings. The minimum Gasteiger partial charge on any atom is -0.480 e. The third-order valence-corrected chi connectivity index (χ3v) is 3.13. The molecule has 2 amide bonds. The van der Waals surface area contributed by atoms with Crippen LogP contribution in [0, 0.1) is 0 Å². The molecule has 0 spiro atoms. The van der Waals surface area contributed by atoms with Crippen LogP contribution in [0.2, 0.25) is 10.0 Å². The van der Waals surface area contributed by atoms with Crippen LogP contribution in [0.1, 0.15) is 18.5 Å². The zero-order valence-electron chi connectivity index (χ0n) is 10.6. The largest absolute Gasteiger partial charge is 0.480 e. The predicted octanol–water partition coefficient (Wildman–Crippen LogP) is 1.80. The van der Waals surface area contributed by atoms with Gasteiger partial charge in [-0.1, -0.05) is 29.3 Å². The summed E-state index contributed by atoms with van der Waals surface area (Å²) in [7, 11) is 0. The number of halogens is 2. The zero-order valence-corrected chi connectivity index (χ0v) is 12.1. The Labute approximate surface area is 125 Å². The molecule has 4 N–H and O–H groups in total. The molecule has 0 aliphatic heterocycles. The number of rotatable bonds is 5. The molecule has 110 valence electrons. The lowest BCUT2D eigenvalue weighted by molar-refractivity contribution is -0.140. The van der Waals surface area contributed by atoms with Gasteiger partial charge in [-0.25, -0.2) is 9.59 Å². The number of aliphatic hydroxyl groups is 1. The van der Waals surface area contributed by atoms with Gasteiger partial charge >= 0.3 is 12.0 Å². The molecule has 0 radical (unpaired) electrons. The fourth-order valence-corrected chi connectivity index (χ4v) is 2.08. The first-order valence-corrected chi connectivity index (χ1v) is 6.46. The fourth-order valence-electron chi connectivity index (χ4n) is 1.51. The lowest BCUT2D eigenvalue weighted by atomic mass is 10.1. The summed E-state index contributed by atoms with van der Waals surface area (Å²) in [6, 6.07) is 2.31. The number of aliphatic hydroxyl groups excluding tert-OH is 1. The summed E-state index contributed by atoms with van der Waals surface area (Å²) in [6.45, 7) is 0.988. The van der Waals surface area contributed by atoms with E-state index in [4.69, 9.17) is 33.4 Å². The van der Waals surface area contributed by atoms with Crippen molar-refractivity contribution >= 4 is 35.2 Å². The van der Waals surface area contributed by atoms with E-state index in [1.807, 2.05) is 0 Å². The van der Waals surface area contributed by atoms with Crippen molar-refractivity contribution in [3.63, 3.8) is 0 Å². The molecular weight excluding hydrogens is 307 g/mol. The topological polar surface area (TPSA) is 98.7 Å². The lowest BCUT2D eigenvalue weighted by Crippen LogP contribution is -2.48. The first-order chi connectivity index (χ1) is 9.35. The van der Waals surface area contributed by atoms with Crippen LogP contribution in [0.25, 0.3) is 0 Å². The molecule has 8 heteroatoms. The molecule has 0 saturated carbocycles. The Bertz CT molecular complexity index is 510. The van der Waals surface area contributed by atoms with Gasteiger partial charge in [0.05, 0.1) is 12.6 Å². The monoisotopic (exact) mass is 320 g/mol. The number of amides is 2. The van der Waals surface area contributed by atoms with Gasteiger partial charge in [-0.15, -0.1) is 0 Å². The quantitative estimate of drug-likeness (QED) is 0.664. The number of hydrogen-bond donors (Lipinski definition) is 4. The van der Waals surface area contributed by atoms with E-state index in [0.717, 1.165) is 0 Å². The first kappa shape index (κ1) is 16.6. The second-order valence-electron chi connectivity index (χ2n) is 4.08. The molecule has 0 saturated heterocycles. The molecule has 1 aromatic carbocycles. The van der Waals surface area contributed by atoms with E-state index in [0.29, 0.717) is 15.6 Å². The Morgan fingerprint density at radius 2 is 1.95 bits per heavy atom. The maximum absolute atomic E-state index is 11.6. The van der Waals surface area contributed by atoms with Crippen LogP contribution in [0.5, 0.6) is 0 Å². The van der Waals surface area contributed by atoms with Gasteiger partial charge < -0.3 is 20.8 Å². The molecule has 1 aromatic rings. The number of urea groups is 1. The molecule has 6 nitrogen and oxygen atoms in total. The molecule has 0 aliphatic carbocycles. The van der Waals surface area contributed by atoms with Crippen molar-refractivity contribution in [2.45, 2.75) is 19.0 Å². The van der Waals surface area contributed by atoms with Gasteiger partial charge in [-0.3, -0.25) is 0 Å². The number of carbonyl (C=O) groups is 2. The van der Waals surface area contributed by atoms with Crippen LogP contribution in [-0.2, 0) is 4.79 Å². The second kappa shape index (κ2) is 7.33. The highest BCUT2D eigenvalue weighted by atomic mass is 35.5. The Hall–Kier alpha value is -1.50. The minimum absolute atomic E-state index is 0.391. The highest BCUT2D eigenvalue weighted by Crippen LogP contribution is 2.25. The van der Waals surface area contributed by atoms with Crippen molar-refractivity contribution in [3.8, 4) is 0 Å². The van der Waals surface area contributed by atoms with E-state index in [9.17, 15) is 9.59 Å². The molecule has 1 rings (SSSR count). The van der Waals surface area contributed by atoms with Crippen LogP contribution >= 0.6 is 23.2 Å². The summed E-state index contributed by atoms with van der Waals surface area (Å²) < 4.78 is 0. The number of carboxylic acids is 1. The SMILES string of the molecule is CC(NC(=O)N[C@H](CO)C(=O)O)c1ccc(Cl)cc1Cl. The van der Waals surface area contributed by atoms with E-state index < -0.39 is 30.7 Å². The van der Waals surface area contributed by atoms with Crippen LogP contribution in [0.15, 0.2) is 18.2 Å². The highest BCUT2D eigenvalue weighted by molar-refractivity contribution is 6.35. The number of aliphatic carboxylic acids is 1. The van der Waals surface area contributed by atoms with Gasteiger partial charge in [-0.2, -0.15) is 0 Å². The van der Waals surface area contributed by atoms with Gasteiger partial charge in [-0.05, 0) is 24.6 Å². The van der Waals surface area contributed by atoms with Gasteiger partial charge in [0.25, 0.3) is 0 Å². The van der Waals surface area contributed by atoms with Gasteiger partial charge in [0, 0.05) is 10.0 Å². The van der Waals surface area contributed by atoms with Gasteiger partial charge in [0.2, 0.25) is 0 Å². The van der Waals surface area contributed by atoms with E-state index in [2.05, 4.69) is 10.6 Å². The lowest BCUT2D eigenvalue weighted by Gasteiger charge is -2.18. The Balaban J connectivity index is 2.68. The normalized spacial score (nSPS) is 13.4. The molecule has 20 heavy (non-hydrogen) atoms. The van der Waals surface area contributed by atoms with Crippen molar-refractivity contribution in [1.29, 1.82) is 0 Å². The summed E-state index contributed by atoms with van der Waals surface area (Å²) in [5.41, 5.74) is 0.641. The van der Waals surface area contributed by atoms with Crippen molar-refractivity contribution in [1.82, 2.24) is 10.6 Å². The molecule has 1 unspecified atom stereocenters. The van der Waals surface area contributed by atoms with E-state index in [1.54, 1.807) is 25.1 Å². The maximum Gasteiger partial charge on any atom is 0.328 e. The zero-order chi connectivity index (χ0) is 15.3.